The van der Waals surface area contributed by atoms with Crippen LogP contribution in [-0.2, 0) is 6.42 Å². The minimum Gasteiger partial charge on any atom is -0.364 e. The molecule has 1 atom stereocenters. The Morgan fingerprint density at radius 3 is 2.74 bits per heavy atom. The minimum absolute atomic E-state index is 0.216. The highest BCUT2D eigenvalue weighted by atomic mass is 16.1. The summed E-state index contributed by atoms with van der Waals surface area (Å²) in [4.78, 5) is 15.6. The summed E-state index contributed by atoms with van der Waals surface area (Å²) >= 11 is 0. The second-order valence-corrected chi connectivity index (χ2v) is 4.67. The number of aromatic nitrogens is 1. The predicted octanol–water partition coefficient (Wildman–Crippen LogP) is 1.31. The lowest BCUT2D eigenvalue weighted by Crippen LogP contribution is -2.33. The number of rotatable bonds is 4. The molecule has 1 aliphatic rings. The Kier molecular flexibility index (Phi) is 3.85. The number of hydrogen-bond acceptors (Lipinski definition) is 4. The molecule has 1 amide bonds. The number of carbonyl (C=O) groups excluding carboxylic acids is 1. The summed E-state index contributed by atoms with van der Waals surface area (Å²) in [6.07, 6.45) is 2.85. The van der Waals surface area contributed by atoms with Crippen molar-refractivity contribution in [2.75, 3.05) is 6.54 Å². The third-order valence-corrected chi connectivity index (χ3v) is 3.29. The average molecular weight is 260 g/mol. The molecule has 0 radical (unpaired) electrons. The van der Waals surface area contributed by atoms with E-state index in [0.29, 0.717) is 5.69 Å². The van der Waals surface area contributed by atoms with Crippen LogP contribution in [0.3, 0.4) is 0 Å². The van der Waals surface area contributed by atoms with Gasteiger partial charge in [-0.05, 0) is 43.5 Å². The van der Waals surface area contributed by atoms with E-state index in [-0.39, 0.29) is 6.04 Å². The molecule has 0 saturated carbocycles. The molecule has 1 aliphatic heterocycles. The van der Waals surface area contributed by atoms with Gasteiger partial charge in [-0.3, -0.25) is 4.79 Å². The SMILES string of the molecule is CCc1cc(C2=CN(CC)NC2C)cc(C(N)=O)n1. The van der Waals surface area contributed by atoms with Crippen LogP contribution in [0.5, 0.6) is 0 Å². The molecule has 0 fully saturated rings. The van der Waals surface area contributed by atoms with E-state index in [4.69, 9.17) is 5.73 Å². The predicted molar refractivity (Wildman–Crippen MR) is 75.1 cm³/mol. The standard InChI is InChI=1S/C14H20N4O/c1-4-11-6-10(7-13(16-11)14(15)19)12-8-18(5-2)17-9(12)3/h6-9,17H,4-5H2,1-3H3,(H2,15,19). The highest BCUT2D eigenvalue weighted by molar-refractivity contribution is 5.92. The van der Waals surface area contributed by atoms with Gasteiger partial charge in [-0.15, -0.1) is 0 Å². The van der Waals surface area contributed by atoms with E-state index in [2.05, 4.69) is 30.5 Å². The maximum atomic E-state index is 11.4. The first-order valence-corrected chi connectivity index (χ1v) is 6.60. The van der Waals surface area contributed by atoms with Crippen LogP contribution in [-0.4, -0.2) is 28.5 Å². The number of hydrogen-bond donors (Lipinski definition) is 2. The molecule has 3 N–H and O–H groups in total. The fourth-order valence-corrected chi connectivity index (χ4v) is 2.20. The molecule has 1 aromatic rings. The van der Waals surface area contributed by atoms with Gasteiger partial charge in [-0.25, -0.2) is 10.4 Å². The zero-order valence-corrected chi connectivity index (χ0v) is 11.6. The van der Waals surface area contributed by atoms with Crippen LogP contribution < -0.4 is 11.2 Å². The first-order valence-electron chi connectivity index (χ1n) is 6.60. The monoisotopic (exact) mass is 260 g/mol. The Hall–Kier alpha value is -1.88. The van der Waals surface area contributed by atoms with E-state index in [1.807, 2.05) is 18.0 Å². The summed E-state index contributed by atoms with van der Waals surface area (Å²) in [6, 6.07) is 4.01. The molecule has 1 unspecified atom stereocenters. The Labute approximate surface area is 113 Å². The van der Waals surface area contributed by atoms with Crippen molar-refractivity contribution in [1.82, 2.24) is 15.4 Å². The lowest BCUT2D eigenvalue weighted by Gasteiger charge is -2.15. The van der Waals surface area contributed by atoms with Gasteiger partial charge in [-0.2, -0.15) is 0 Å². The van der Waals surface area contributed by atoms with Crippen molar-refractivity contribution in [3.05, 3.63) is 35.3 Å². The molecule has 0 aliphatic carbocycles. The van der Waals surface area contributed by atoms with Crippen LogP contribution in [0.25, 0.3) is 5.57 Å². The van der Waals surface area contributed by atoms with Crippen molar-refractivity contribution in [1.29, 1.82) is 0 Å². The van der Waals surface area contributed by atoms with Crippen LogP contribution in [0.15, 0.2) is 18.3 Å². The lowest BCUT2D eigenvalue weighted by molar-refractivity contribution is 0.0995. The van der Waals surface area contributed by atoms with Crippen LogP contribution >= 0.6 is 0 Å². The van der Waals surface area contributed by atoms with Gasteiger partial charge < -0.3 is 10.7 Å². The van der Waals surface area contributed by atoms with Crippen molar-refractivity contribution in [2.45, 2.75) is 33.2 Å². The van der Waals surface area contributed by atoms with Crippen LogP contribution in [0.2, 0.25) is 0 Å². The van der Waals surface area contributed by atoms with Gasteiger partial charge in [-0.1, -0.05) is 6.92 Å². The third-order valence-electron chi connectivity index (χ3n) is 3.29. The summed E-state index contributed by atoms with van der Waals surface area (Å²) in [5.41, 5.74) is 12.1. The fraction of sp³-hybridized carbons (Fsp3) is 0.429. The summed E-state index contributed by atoms with van der Waals surface area (Å²) in [5.74, 6) is -0.483. The summed E-state index contributed by atoms with van der Waals surface area (Å²) in [6.45, 7) is 7.08. The van der Waals surface area contributed by atoms with E-state index in [1.54, 1.807) is 6.07 Å². The quantitative estimate of drug-likeness (QED) is 0.856. The zero-order chi connectivity index (χ0) is 14.0. The second kappa shape index (κ2) is 5.40. The molecule has 5 heteroatoms. The average Bonchev–Trinajstić information content (AvgIpc) is 2.79. The Bertz CT molecular complexity index is 524. The molecule has 19 heavy (non-hydrogen) atoms. The lowest BCUT2D eigenvalue weighted by atomic mass is 10.0. The van der Waals surface area contributed by atoms with Gasteiger partial charge in [0.25, 0.3) is 5.91 Å². The maximum Gasteiger partial charge on any atom is 0.267 e. The molecular weight excluding hydrogens is 240 g/mol. The molecule has 0 spiro atoms. The minimum atomic E-state index is -0.483. The van der Waals surface area contributed by atoms with Gasteiger partial charge in [0.05, 0.1) is 6.04 Å². The molecule has 0 aromatic carbocycles. The van der Waals surface area contributed by atoms with E-state index in [1.165, 1.54) is 0 Å². The molecule has 0 saturated heterocycles. The number of nitrogens with one attached hydrogen (secondary N) is 1. The largest absolute Gasteiger partial charge is 0.364 e. The second-order valence-electron chi connectivity index (χ2n) is 4.67. The Morgan fingerprint density at radius 1 is 1.47 bits per heavy atom. The van der Waals surface area contributed by atoms with Gasteiger partial charge in [0.15, 0.2) is 0 Å². The van der Waals surface area contributed by atoms with Crippen molar-refractivity contribution < 1.29 is 4.79 Å². The van der Waals surface area contributed by atoms with Crippen LogP contribution in [0.1, 0.15) is 42.5 Å². The van der Waals surface area contributed by atoms with Gasteiger partial charge in [0.1, 0.15) is 5.69 Å². The number of hydrazine groups is 1. The summed E-state index contributed by atoms with van der Waals surface area (Å²) in [7, 11) is 0. The number of nitrogens with zero attached hydrogens (tertiary/aromatic N) is 2. The molecule has 0 bridgehead atoms. The zero-order valence-electron chi connectivity index (χ0n) is 11.6. The number of pyridine rings is 1. The van der Waals surface area contributed by atoms with Gasteiger partial charge >= 0.3 is 0 Å². The molecule has 2 rings (SSSR count). The van der Waals surface area contributed by atoms with Crippen molar-refractivity contribution in [3.8, 4) is 0 Å². The van der Waals surface area contributed by atoms with Crippen molar-refractivity contribution in [2.24, 2.45) is 5.73 Å². The fourth-order valence-electron chi connectivity index (χ4n) is 2.20. The van der Waals surface area contributed by atoms with Crippen LogP contribution in [0, 0.1) is 0 Å². The van der Waals surface area contributed by atoms with Crippen molar-refractivity contribution in [3.63, 3.8) is 0 Å². The van der Waals surface area contributed by atoms with E-state index < -0.39 is 5.91 Å². The molecule has 5 nitrogen and oxygen atoms in total. The van der Waals surface area contributed by atoms with Gasteiger partial charge in [0.2, 0.25) is 0 Å². The smallest absolute Gasteiger partial charge is 0.267 e. The number of nitrogens with two attached hydrogens (primary N) is 1. The van der Waals surface area contributed by atoms with E-state index in [9.17, 15) is 4.79 Å². The molecule has 2 heterocycles. The number of aryl methyl sites for hydroxylation is 1. The number of carbonyl (C=O) groups is 1. The van der Waals surface area contributed by atoms with Gasteiger partial charge in [0, 0.05) is 18.4 Å². The highest BCUT2D eigenvalue weighted by Gasteiger charge is 2.21. The molecule has 1 aromatic heterocycles. The summed E-state index contributed by atoms with van der Waals surface area (Å²) in [5, 5.41) is 2.04. The Morgan fingerprint density at radius 2 is 2.21 bits per heavy atom. The van der Waals surface area contributed by atoms with E-state index in [0.717, 1.165) is 29.8 Å². The summed E-state index contributed by atoms with van der Waals surface area (Å²) < 4.78 is 0. The Balaban J connectivity index is 2.44. The van der Waals surface area contributed by atoms with Crippen LogP contribution in [0.4, 0.5) is 0 Å². The highest BCUT2D eigenvalue weighted by Crippen LogP contribution is 2.24. The first-order chi connectivity index (χ1) is 9.05. The normalized spacial score (nSPS) is 18.6. The third kappa shape index (κ3) is 2.76. The number of primary amides is 1. The molecular formula is C14H20N4O. The van der Waals surface area contributed by atoms with Crippen molar-refractivity contribution >= 4 is 11.5 Å². The topological polar surface area (TPSA) is 71.2 Å². The first kappa shape index (κ1) is 13.5. The maximum absolute atomic E-state index is 11.4. The number of amides is 1. The van der Waals surface area contributed by atoms with E-state index >= 15 is 0 Å². The molecule has 102 valence electrons.